The number of rotatable bonds is 3. The van der Waals surface area contributed by atoms with Crippen molar-refractivity contribution in [3.8, 4) is 0 Å². The molecule has 1 aliphatic rings. The van der Waals surface area contributed by atoms with E-state index in [-0.39, 0.29) is 17.5 Å². The first-order chi connectivity index (χ1) is 9.72. The Hall–Kier alpha value is -1.75. The fourth-order valence-corrected chi connectivity index (χ4v) is 2.61. The Morgan fingerprint density at radius 1 is 1.40 bits per heavy atom. The smallest absolute Gasteiger partial charge is 0.258 e. The maximum atomic E-state index is 13.2. The molecule has 1 saturated heterocycles. The van der Waals surface area contributed by atoms with E-state index in [9.17, 15) is 9.18 Å². The van der Waals surface area contributed by atoms with Gasteiger partial charge in [-0.15, -0.1) is 0 Å². The molecule has 3 rings (SSSR count). The van der Waals surface area contributed by atoms with Crippen LogP contribution >= 0.6 is 0 Å². The zero-order valence-electron chi connectivity index (χ0n) is 11.2. The van der Waals surface area contributed by atoms with Gasteiger partial charge in [0.1, 0.15) is 11.6 Å². The molecular weight excluding hydrogens is 259 g/mol. The molecule has 5 heteroatoms. The molecule has 0 aliphatic carbocycles. The third-order valence-corrected chi connectivity index (χ3v) is 3.69. The number of H-pyrrole nitrogens is 1. The highest BCUT2D eigenvalue weighted by Crippen LogP contribution is 2.17. The predicted molar refractivity (Wildman–Crippen MR) is 74.2 cm³/mol. The van der Waals surface area contributed by atoms with Crippen LogP contribution in [0.1, 0.15) is 31.5 Å². The lowest BCUT2D eigenvalue weighted by Crippen LogP contribution is -2.21. The van der Waals surface area contributed by atoms with Gasteiger partial charge in [0, 0.05) is 19.1 Å². The van der Waals surface area contributed by atoms with E-state index < -0.39 is 0 Å². The summed E-state index contributed by atoms with van der Waals surface area (Å²) in [5.74, 6) is 0.222. The average Bonchev–Trinajstić information content (AvgIpc) is 2.46. The van der Waals surface area contributed by atoms with Crippen LogP contribution in [0.5, 0.6) is 0 Å². The van der Waals surface area contributed by atoms with Crippen LogP contribution in [0.25, 0.3) is 10.9 Å². The molecule has 0 spiro atoms. The van der Waals surface area contributed by atoms with E-state index in [1.54, 1.807) is 0 Å². The Bertz CT molecular complexity index is 662. The molecule has 1 aliphatic heterocycles. The Kier molecular flexibility index (Phi) is 3.78. The molecule has 1 N–H and O–H groups in total. The number of benzene rings is 1. The number of hydrogen-bond donors (Lipinski definition) is 1. The standard InChI is InChI=1S/C15H17FN2O2/c16-10-4-6-12-13(9-10)17-14(18-15(12)19)7-5-11-3-1-2-8-20-11/h4,6,9,11H,1-3,5,7-8H2,(H,17,18,19). The minimum absolute atomic E-state index is 0.213. The lowest BCUT2D eigenvalue weighted by molar-refractivity contribution is 0.0112. The summed E-state index contributed by atoms with van der Waals surface area (Å²) in [5, 5.41) is 0.420. The molecule has 1 aromatic heterocycles. The van der Waals surface area contributed by atoms with Gasteiger partial charge >= 0.3 is 0 Å². The molecule has 2 aromatic rings. The molecular formula is C15H17FN2O2. The number of nitrogens with one attached hydrogen (secondary N) is 1. The number of fused-ring (bicyclic) bond motifs is 1. The van der Waals surface area contributed by atoms with E-state index >= 15 is 0 Å². The second-order valence-electron chi connectivity index (χ2n) is 5.20. The van der Waals surface area contributed by atoms with E-state index in [1.165, 1.54) is 24.6 Å². The molecule has 1 unspecified atom stereocenters. The number of nitrogens with zero attached hydrogens (tertiary/aromatic N) is 1. The van der Waals surface area contributed by atoms with Crippen molar-refractivity contribution in [2.75, 3.05) is 6.61 Å². The Morgan fingerprint density at radius 2 is 2.30 bits per heavy atom. The number of aryl methyl sites for hydroxylation is 1. The van der Waals surface area contributed by atoms with Crippen LogP contribution < -0.4 is 5.56 Å². The minimum Gasteiger partial charge on any atom is -0.378 e. The van der Waals surface area contributed by atoms with Crippen molar-refractivity contribution in [1.29, 1.82) is 0 Å². The quantitative estimate of drug-likeness (QED) is 0.937. The Balaban J connectivity index is 1.79. The topological polar surface area (TPSA) is 55.0 Å². The number of halogens is 1. The van der Waals surface area contributed by atoms with Crippen LogP contribution in [0.15, 0.2) is 23.0 Å². The second kappa shape index (κ2) is 5.71. The third kappa shape index (κ3) is 2.88. The van der Waals surface area contributed by atoms with Gasteiger partial charge in [-0.05, 0) is 37.8 Å². The average molecular weight is 276 g/mol. The van der Waals surface area contributed by atoms with Crippen molar-refractivity contribution in [3.63, 3.8) is 0 Å². The first kappa shape index (κ1) is 13.2. The summed E-state index contributed by atoms with van der Waals surface area (Å²) in [6.07, 6.45) is 5.11. The molecule has 0 radical (unpaired) electrons. The molecule has 0 saturated carbocycles. The van der Waals surface area contributed by atoms with Crippen molar-refractivity contribution in [2.45, 2.75) is 38.2 Å². The monoisotopic (exact) mass is 276 g/mol. The molecule has 20 heavy (non-hydrogen) atoms. The first-order valence-electron chi connectivity index (χ1n) is 7.02. The first-order valence-corrected chi connectivity index (χ1v) is 7.02. The maximum absolute atomic E-state index is 13.2. The third-order valence-electron chi connectivity index (χ3n) is 3.69. The summed E-state index contributed by atoms with van der Waals surface area (Å²) in [6, 6.07) is 4.03. The molecule has 4 nitrogen and oxygen atoms in total. The van der Waals surface area contributed by atoms with Gasteiger partial charge < -0.3 is 9.72 Å². The van der Waals surface area contributed by atoms with Gasteiger partial charge in [-0.25, -0.2) is 9.37 Å². The van der Waals surface area contributed by atoms with Crippen LogP contribution in [0.4, 0.5) is 4.39 Å². The van der Waals surface area contributed by atoms with Gasteiger partial charge in [-0.1, -0.05) is 0 Å². The van der Waals surface area contributed by atoms with Crippen molar-refractivity contribution < 1.29 is 9.13 Å². The molecule has 0 bridgehead atoms. The predicted octanol–water partition coefficient (Wildman–Crippen LogP) is 2.56. The van der Waals surface area contributed by atoms with Gasteiger partial charge in [-0.3, -0.25) is 4.79 Å². The van der Waals surface area contributed by atoms with Crippen LogP contribution in [0, 0.1) is 5.82 Å². The highest BCUT2D eigenvalue weighted by molar-refractivity contribution is 5.77. The highest BCUT2D eigenvalue weighted by Gasteiger charge is 2.14. The fraction of sp³-hybridized carbons (Fsp3) is 0.467. The number of hydrogen-bond acceptors (Lipinski definition) is 3. The normalized spacial score (nSPS) is 19.4. The van der Waals surface area contributed by atoms with Crippen LogP contribution in [0.3, 0.4) is 0 Å². The van der Waals surface area contributed by atoms with Crippen molar-refractivity contribution in [3.05, 3.63) is 40.2 Å². The summed E-state index contributed by atoms with van der Waals surface area (Å²) >= 11 is 0. The SMILES string of the molecule is O=c1[nH]c(CCC2CCCCO2)nc2cc(F)ccc12. The molecule has 0 amide bonds. The number of aromatic nitrogens is 2. The summed E-state index contributed by atoms with van der Waals surface area (Å²) in [7, 11) is 0. The van der Waals surface area contributed by atoms with Crippen molar-refractivity contribution >= 4 is 10.9 Å². The van der Waals surface area contributed by atoms with Crippen LogP contribution in [0.2, 0.25) is 0 Å². The molecule has 1 atom stereocenters. The van der Waals surface area contributed by atoms with Gasteiger partial charge in [0.2, 0.25) is 0 Å². The zero-order chi connectivity index (χ0) is 13.9. The maximum Gasteiger partial charge on any atom is 0.258 e. The Labute approximate surface area is 116 Å². The van der Waals surface area contributed by atoms with Crippen molar-refractivity contribution in [2.24, 2.45) is 0 Å². The van der Waals surface area contributed by atoms with Gasteiger partial charge in [0.05, 0.1) is 17.0 Å². The Morgan fingerprint density at radius 3 is 3.10 bits per heavy atom. The van der Waals surface area contributed by atoms with Crippen LogP contribution in [-0.2, 0) is 11.2 Å². The lowest BCUT2D eigenvalue weighted by atomic mass is 10.0. The lowest BCUT2D eigenvalue weighted by Gasteiger charge is -2.22. The molecule has 2 heterocycles. The summed E-state index contributed by atoms with van der Waals surface area (Å²) in [4.78, 5) is 19.0. The van der Waals surface area contributed by atoms with Gasteiger partial charge in [0.25, 0.3) is 5.56 Å². The molecule has 1 aromatic carbocycles. The second-order valence-corrected chi connectivity index (χ2v) is 5.20. The minimum atomic E-state index is -0.378. The van der Waals surface area contributed by atoms with Crippen molar-refractivity contribution in [1.82, 2.24) is 9.97 Å². The van der Waals surface area contributed by atoms with Gasteiger partial charge in [-0.2, -0.15) is 0 Å². The largest absolute Gasteiger partial charge is 0.378 e. The fourth-order valence-electron chi connectivity index (χ4n) is 2.61. The summed E-state index contributed by atoms with van der Waals surface area (Å²) in [5.41, 5.74) is 0.197. The van der Waals surface area contributed by atoms with E-state index in [4.69, 9.17) is 4.74 Å². The molecule has 106 valence electrons. The molecule has 1 fully saturated rings. The summed E-state index contributed by atoms with van der Waals surface area (Å²) < 4.78 is 18.9. The van der Waals surface area contributed by atoms with E-state index in [0.717, 1.165) is 25.9 Å². The van der Waals surface area contributed by atoms with E-state index in [1.807, 2.05) is 0 Å². The zero-order valence-corrected chi connectivity index (χ0v) is 11.2. The van der Waals surface area contributed by atoms with Gasteiger partial charge in [0.15, 0.2) is 0 Å². The van der Waals surface area contributed by atoms with E-state index in [2.05, 4.69) is 9.97 Å². The number of aromatic amines is 1. The van der Waals surface area contributed by atoms with Crippen LogP contribution in [-0.4, -0.2) is 22.7 Å². The van der Waals surface area contributed by atoms with E-state index in [0.29, 0.717) is 23.1 Å². The number of ether oxygens (including phenoxy) is 1. The summed E-state index contributed by atoms with van der Waals surface area (Å²) in [6.45, 7) is 0.817. The highest BCUT2D eigenvalue weighted by atomic mass is 19.1.